The summed E-state index contributed by atoms with van der Waals surface area (Å²) in [5.41, 5.74) is 2.84. The molecule has 0 fully saturated rings. The second kappa shape index (κ2) is 10.4. The second-order valence-electron chi connectivity index (χ2n) is 6.26. The minimum atomic E-state index is -0.0487. The van der Waals surface area contributed by atoms with E-state index in [2.05, 4.69) is 24.1 Å². The minimum Gasteiger partial charge on any atom is -0.493 e. The van der Waals surface area contributed by atoms with Crippen LogP contribution in [0, 0.1) is 0 Å². The maximum absolute atomic E-state index is 12.4. The molecular formula is C22H30N2O4. The van der Waals surface area contributed by atoms with Crippen molar-refractivity contribution in [2.24, 2.45) is 0 Å². The predicted octanol–water partition coefficient (Wildman–Crippen LogP) is 4.13. The quantitative estimate of drug-likeness (QED) is 0.665. The molecule has 1 amide bonds. The number of carbonyl (C=O) groups excluding carboxylic acids is 1. The standard InChI is InChI=1S/C22H30N2O4/c1-6-24(7-2)18-12-10-17(11-13-18)23-20(25)15-9-16-8-14-19(26-3)22(28-5)21(16)27-4/h8,10-14H,6-7,9,15H2,1-5H3,(H,23,25). The van der Waals surface area contributed by atoms with E-state index in [1.165, 1.54) is 0 Å². The number of carbonyl (C=O) groups is 1. The smallest absolute Gasteiger partial charge is 0.224 e. The number of aryl methyl sites for hydroxylation is 1. The van der Waals surface area contributed by atoms with Crippen LogP contribution in [0.1, 0.15) is 25.8 Å². The van der Waals surface area contributed by atoms with Crippen LogP contribution in [0.3, 0.4) is 0 Å². The molecule has 152 valence electrons. The Morgan fingerprint density at radius 1 is 0.893 bits per heavy atom. The van der Waals surface area contributed by atoms with Crippen LogP contribution < -0.4 is 24.4 Å². The van der Waals surface area contributed by atoms with Gasteiger partial charge in [0.2, 0.25) is 11.7 Å². The van der Waals surface area contributed by atoms with Crippen molar-refractivity contribution in [3.63, 3.8) is 0 Å². The molecule has 1 N–H and O–H groups in total. The van der Waals surface area contributed by atoms with Gasteiger partial charge < -0.3 is 24.4 Å². The fraction of sp³-hybridized carbons (Fsp3) is 0.409. The highest BCUT2D eigenvalue weighted by atomic mass is 16.5. The van der Waals surface area contributed by atoms with Crippen LogP contribution in [-0.4, -0.2) is 40.3 Å². The van der Waals surface area contributed by atoms with Crippen LogP contribution in [0.5, 0.6) is 17.2 Å². The zero-order valence-corrected chi connectivity index (χ0v) is 17.4. The van der Waals surface area contributed by atoms with Gasteiger partial charge in [-0.15, -0.1) is 0 Å². The Morgan fingerprint density at radius 2 is 1.54 bits per heavy atom. The van der Waals surface area contributed by atoms with Crippen LogP contribution >= 0.6 is 0 Å². The lowest BCUT2D eigenvalue weighted by atomic mass is 10.1. The third-order valence-corrected chi connectivity index (χ3v) is 4.69. The first-order valence-corrected chi connectivity index (χ1v) is 9.50. The van der Waals surface area contributed by atoms with Crippen LogP contribution in [0.4, 0.5) is 11.4 Å². The molecule has 0 bridgehead atoms. The van der Waals surface area contributed by atoms with Crippen molar-refractivity contribution >= 4 is 17.3 Å². The zero-order valence-electron chi connectivity index (χ0n) is 17.4. The number of methoxy groups -OCH3 is 3. The van der Waals surface area contributed by atoms with E-state index in [9.17, 15) is 4.79 Å². The SMILES string of the molecule is CCN(CC)c1ccc(NC(=O)CCc2ccc(OC)c(OC)c2OC)cc1. The molecule has 28 heavy (non-hydrogen) atoms. The Bertz CT molecular complexity index is 771. The van der Waals surface area contributed by atoms with Gasteiger partial charge in [-0.2, -0.15) is 0 Å². The van der Waals surface area contributed by atoms with Crippen molar-refractivity contribution in [1.29, 1.82) is 0 Å². The lowest BCUT2D eigenvalue weighted by molar-refractivity contribution is -0.116. The van der Waals surface area contributed by atoms with Crippen LogP contribution in [-0.2, 0) is 11.2 Å². The maximum atomic E-state index is 12.4. The van der Waals surface area contributed by atoms with Gasteiger partial charge in [-0.25, -0.2) is 0 Å². The van der Waals surface area contributed by atoms with Gasteiger partial charge in [-0.05, 0) is 56.2 Å². The molecule has 2 aromatic rings. The van der Waals surface area contributed by atoms with Crippen molar-refractivity contribution in [2.75, 3.05) is 44.6 Å². The largest absolute Gasteiger partial charge is 0.493 e. The molecule has 2 aromatic carbocycles. The molecule has 0 spiro atoms. The van der Waals surface area contributed by atoms with Crippen molar-refractivity contribution in [1.82, 2.24) is 0 Å². The Balaban J connectivity index is 2.01. The Hall–Kier alpha value is -2.89. The molecule has 0 aliphatic rings. The molecule has 0 aromatic heterocycles. The van der Waals surface area contributed by atoms with Gasteiger partial charge in [0.05, 0.1) is 21.3 Å². The van der Waals surface area contributed by atoms with Crippen molar-refractivity contribution in [3.05, 3.63) is 42.0 Å². The highest BCUT2D eigenvalue weighted by molar-refractivity contribution is 5.91. The monoisotopic (exact) mass is 386 g/mol. The van der Waals surface area contributed by atoms with Crippen LogP contribution in [0.2, 0.25) is 0 Å². The zero-order chi connectivity index (χ0) is 20.5. The predicted molar refractivity (Wildman–Crippen MR) is 113 cm³/mol. The Labute approximate surface area is 167 Å². The van der Waals surface area contributed by atoms with E-state index >= 15 is 0 Å². The second-order valence-corrected chi connectivity index (χ2v) is 6.26. The number of benzene rings is 2. The normalized spacial score (nSPS) is 10.3. The summed E-state index contributed by atoms with van der Waals surface area (Å²) >= 11 is 0. The van der Waals surface area contributed by atoms with Gasteiger partial charge in [0.1, 0.15) is 0 Å². The van der Waals surface area contributed by atoms with Crippen molar-refractivity contribution in [2.45, 2.75) is 26.7 Å². The first kappa shape index (κ1) is 21.4. The Morgan fingerprint density at radius 3 is 2.07 bits per heavy atom. The number of nitrogens with zero attached hydrogens (tertiary/aromatic N) is 1. The number of hydrogen-bond donors (Lipinski definition) is 1. The van der Waals surface area contributed by atoms with Gasteiger partial charge in [0, 0.05) is 30.9 Å². The third-order valence-electron chi connectivity index (χ3n) is 4.69. The summed E-state index contributed by atoms with van der Waals surface area (Å²) < 4.78 is 16.2. The molecule has 0 radical (unpaired) electrons. The summed E-state index contributed by atoms with van der Waals surface area (Å²) in [6, 6.07) is 11.6. The van der Waals surface area contributed by atoms with Gasteiger partial charge in [-0.3, -0.25) is 4.79 Å². The number of anilines is 2. The number of nitrogens with one attached hydrogen (secondary N) is 1. The van der Waals surface area contributed by atoms with Gasteiger partial charge in [0.15, 0.2) is 11.5 Å². The third kappa shape index (κ3) is 5.09. The summed E-state index contributed by atoms with van der Waals surface area (Å²) in [6.45, 7) is 6.16. The maximum Gasteiger partial charge on any atom is 0.224 e. The van der Waals surface area contributed by atoms with E-state index in [0.717, 1.165) is 30.0 Å². The molecule has 2 rings (SSSR count). The van der Waals surface area contributed by atoms with Gasteiger partial charge in [-0.1, -0.05) is 6.07 Å². The van der Waals surface area contributed by atoms with Gasteiger partial charge >= 0.3 is 0 Å². The summed E-state index contributed by atoms with van der Waals surface area (Å²) in [5.74, 6) is 1.68. The number of rotatable bonds is 10. The molecule has 6 heteroatoms. The number of amides is 1. The molecule has 0 atom stereocenters. The molecule has 6 nitrogen and oxygen atoms in total. The van der Waals surface area contributed by atoms with E-state index in [1.54, 1.807) is 21.3 Å². The van der Waals surface area contributed by atoms with Crippen LogP contribution in [0.15, 0.2) is 36.4 Å². The van der Waals surface area contributed by atoms with Crippen molar-refractivity contribution < 1.29 is 19.0 Å². The summed E-state index contributed by atoms with van der Waals surface area (Å²) in [7, 11) is 4.73. The first-order valence-electron chi connectivity index (χ1n) is 9.50. The summed E-state index contributed by atoms with van der Waals surface area (Å²) in [4.78, 5) is 14.6. The van der Waals surface area contributed by atoms with E-state index in [-0.39, 0.29) is 5.91 Å². The molecule has 0 heterocycles. The number of ether oxygens (including phenoxy) is 3. The molecule has 0 saturated heterocycles. The van der Waals surface area contributed by atoms with E-state index in [4.69, 9.17) is 14.2 Å². The lowest BCUT2D eigenvalue weighted by Gasteiger charge is -2.21. The average Bonchev–Trinajstić information content (AvgIpc) is 2.73. The van der Waals surface area contributed by atoms with E-state index in [1.807, 2.05) is 36.4 Å². The topological polar surface area (TPSA) is 60.0 Å². The fourth-order valence-electron chi connectivity index (χ4n) is 3.18. The fourth-order valence-corrected chi connectivity index (χ4v) is 3.18. The lowest BCUT2D eigenvalue weighted by Crippen LogP contribution is -2.21. The Kier molecular flexibility index (Phi) is 7.99. The molecule has 0 aliphatic heterocycles. The van der Waals surface area contributed by atoms with E-state index < -0.39 is 0 Å². The van der Waals surface area contributed by atoms with Gasteiger partial charge in [0.25, 0.3) is 0 Å². The molecule has 0 saturated carbocycles. The molecule has 0 aliphatic carbocycles. The molecule has 0 unspecified atom stereocenters. The summed E-state index contributed by atoms with van der Waals surface area (Å²) in [6.07, 6.45) is 0.872. The molecular weight excluding hydrogens is 356 g/mol. The minimum absolute atomic E-state index is 0.0487. The van der Waals surface area contributed by atoms with E-state index in [0.29, 0.717) is 30.1 Å². The highest BCUT2D eigenvalue weighted by Gasteiger charge is 2.16. The van der Waals surface area contributed by atoms with Crippen molar-refractivity contribution in [3.8, 4) is 17.2 Å². The first-order chi connectivity index (χ1) is 13.6. The highest BCUT2D eigenvalue weighted by Crippen LogP contribution is 2.40. The summed E-state index contributed by atoms with van der Waals surface area (Å²) in [5, 5.41) is 2.95. The number of hydrogen-bond acceptors (Lipinski definition) is 5. The average molecular weight is 386 g/mol. The van der Waals surface area contributed by atoms with Crippen LogP contribution in [0.25, 0.3) is 0 Å².